The van der Waals surface area contributed by atoms with E-state index in [1.807, 2.05) is 36.1 Å². The van der Waals surface area contributed by atoms with Gasteiger partial charge in [-0.1, -0.05) is 24.3 Å². The second kappa shape index (κ2) is 5.88. The number of anilines is 1. The molecule has 1 atom stereocenters. The number of fused-ring (bicyclic) bond motifs is 1. The minimum atomic E-state index is -0.590. The standard InChI is InChI=1S/C16H20N4O2/c1-11-14-5-3-4-6-15(14)16(18-17-11)20-8-7-19(12(2)21)9-13(22)10-20/h3-6,13,22H,7-10H2,1-2H3. The molecule has 22 heavy (non-hydrogen) atoms. The lowest BCUT2D eigenvalue weighted by Crippen LogP contribution is -2.36. The van der Waals surface area contributed by atoms with Crippen LogP contribution in [0.1, 0.15) is 12.6 Å². The Morgan fingerprint density at radius 2 is 1.91 bits per heavy atom. The first-order chi connectivity index (χ1) is 10.6. The minimum Gasteiger partial charge on any atom is -0.389 e. The van der Waals surface area contributed by atoms with E-state index in [-0.39, 0.29) is 5.91 Å². The zero-order valence-electron chi connectivity index (χ0n) is 12.9. The van der Waals surface area contributed by atoms with Crippen molar-refractivity contribution >= 4 is 22.5 Å². The normalized spacial score (nSPS) is 19.3. The van der Waals surface area contributed by atoms with Crippen molar-refractivity contribution in [3.05, 3.63) is 30.0 Å². The van der Waals surface area contributed by atoms with Gasteiger partial charge in [0.25, 0.3) is 0 Å². The number of β-amino-alcohol motifs (C(OH)–C–C–N with tert-alkyl or cyclic N) is 1. The number of benzene rings is 1. The summed E-state index contributed by atoms with van der Waals surface area (Å²) in [6, 6.07) is 8.00. The second-order valence-electron chi connectivity index (χ2n) is 5.72. The van der Waals surface area contributed by atoms with Crippen LogP contribution >= 0.6 is 0 Å². The molecule has 0 aliphatic carbocycles. The molecule has 1 unspecified atom stereocenters. The van der Waals surface area contributed by atoms with Gasteiger partial charge >= 0.3 is 0 Å². The molecule has 1 N–H and O–H groups in total. The van der Waals surface area contributed by atoms with Crippen LogP contribution in [0.5, 0.6) is 0 Å². The van der Waals surface area contributed by atoms with Gasteiger partial charge in [0.1, 0.15) is 0 Å². The molecule has 0 bridgehead atoms. The van der Waals surface area contributed by atoms with Crippen LogP contribution in [0.2, 0.25) is 0 Å². The van der Waals surface area contributed by atoms with Crippen LogP contribution in [0, 0.1) is 6.92 Å². The zero-order valence-corrected chi connectivity index (χ0v) is 12.9. The molecule has 116 valence electrons. The summed E-state index contributed by atoms with van der Waals surface area (Å²) in [5.74, 6) is 0.756. The number of carbonyl (C=O) groups excluding carboxylic acids is 1. The monoisotopic (exact) mass is 300 g/mol. The Morgan fingerprint density at radius 3 is 2.64 bits per heavy atom. The van der Waals surface area contributed by atoms with E-state index in [0.717, 1.165) is 22.3 Å². The molecule has 1 aromatic carbocycles. The average Bonchev–Trinajstić information content (AvgIpc) is 2.70. The lowest BCUT2D eigenvalue weighted by Gasteiger charge is -2.23. The molecule has 0 spiro atoms. The molecule has 1 saturated heterocycles. The van der Waals surface area contributed by atoms with Crippen molar-refractivity contribution in [2.45, 2.75) is 20.0 Å². The summed E-state index contributed by atoms with van der Waals surface area (Å²) < 4.78 is 0. The number of rotatable bonds is 1. The van der Waals surface area contributed by atoms with Crippen molar-refractivity contribution in [2.24, 2.45) is 0 Å². The van der Waals surface area contributed by atoms with E-state index in [2.05, 4.69) is 10.2 Å². The summed E-state index contributed by atoms with van der Waals surface area (Å²) in [6.45, 7) is 5.50. The van der Waals surface area contributed by atoms with Gasteiger partial charge in [-0.2, -0.15) is 5.10 Å². The van der Waals surface area contributed by atoms with Crippen molar-refractivity contribution in [3.63, 3.8) is 0 Å². The van der Waals surface area contributed by atoms with E-state index in [4.69, 9.17) is 0 Å². The number of amides is 1. The highest BCUT2D eigenvalue weighted by Gasteiger charge is 2.24. The van der Waals surface area contributed by atoms with Gasteiger partial charge in [0.2, 0.25) is 5.91 Å². The number of hydrogen-bond donors (Lipinski definition) is 1. The predicted molar refractivity (Wildman–Crippen MR) is 84.7 cm³/mol. The molecule has 2 heterocycles. The third kappa shape index (κ3) is 2.74. The fraction of sp³-hybridized carbons (Fsp3) is 0.438. The average molecular weight is 300 g/mol. The molecule has 0 saturated carbocycles. The third-order valence-electron chi connectivity index (χ3n) is 4.10. The first kappa shape index (κ1) is 14.7. The Labute approximate surface area is 129 Å². The maximum Gasteiger partial charge on any atom is 0.219 e. The van der Waals surface area contributed by atoms with E-state index >= 15 is 0 Å². The highest BCUT2D eigenvalue weighted by molar-refractivity contribution is 5.93. The van der Waals surface area contributed by atoms with Gasteiger partial charge in [-0.25, -0.2) is 0 Å². The highest BCUT2D eigenvalue weighted by atomic mass is 16.3. The van der Waals surface area contributed by atoms with Gasteiger partial charge < -0.3 is 14.9 Å². The summed E-state index contributed by atoms with van der Waals surface area (Å²) >= 11 is 0. The fourth-order valence-corrected chi connectivity index (χ4v) is 2.93. The largest absolute Gasteiger partial charge is 0.389 e. The summed E-state index contributed by atoms with van der Waals surface area (Å²) in [7, 11) is 0. The van der Waals surface area contributed by atoms with Gasteiger partial charge in [0, 0.05) is 43.9 Å². The maximum atomic E-state index is 11.6. The Hall–Kier alpha value is -2.21. The van der Waals surface area contributed by atoms with Gasteiger partial charge in [-0.3, -0.25) is 4.79 Å². The fourth-order valence-electron chi connectivity index (χ4n) is 2.93. The molecule has 0 radical (unpaired) electrons. The van der Waals surface area contributed by atoms with Crippen molar-refractivity contribution < 1.29 is 9.90 Å². The molecular formula is C16H20N4O2. The van der Waals surface area contributed by atoms with E-state index < -0.39 is 6.10 Å². The van der Waals surface area contributed by atoms with Crippen molar-refractivity contribution in [1.82, 2.24) is 15.1 Å². The number of carbonyl (C=O) groups is 1. The molecule has 1 aromatic heterocycles. The first-order valence-corrected chi connectivity index (χ1v) is 7.47. The topological polar surface area (TPSA) is 69.6 Å². The van der Waals surface area contributed by atoms with Crippen molar-refractivity contribution in [3.8, 4) is 0 Å². The van der Waals surface area contributed by atoms with Crippen LogP contribution in [0.15, 0.2) is 24.3 Å². The molecule has 1 fully saturated rings. The van der Waals surface area contributed by atoms with Crippen LogP contribution in [0.25, 0.3) is 10.8 Å². The van der Waals surface area contributed by atoms with E-state index in [9.17, 15) is 9.90 Å². The molecule has 1 aliphatic heterocycles. The second-order valence-corrected chi connectivity index (χ2v) is 5.72. The quantitative estimate of drug-likeness (QED) is 0.850. The number of nitrogens with zero attached hydrogens (tertiary/aromatic N) is 4. The first-order valence-electron chi connectivity index (χ1n) is 7.47. The number of hydrogen-bond acceptors (Lipinski definition) is 5. The Balaban J connectivity index is 1.97. The number of aromatic nitrogens is 2. The highest BCUT2D eigenvalue weighted by Crippen LogP contribution is 2.26. The number of aryl methyl sites for hydroxylation is 1. The third-order valence-corrected chi connectivity index (χ3v) is 4.10. The Kier molecular flexibility index (Phi) is 3.94. The summed E-state index contributed by atoms with van der Waals surface area (Å²) in [5, 5.41) is 20.8. The number of aliphatic hydroxyl groups excluding tert-OH is 1. The predicted octanol–water partition coefficient (Wildman–Crippen LogP) is 0.968. The molecule has 6 nitrogen and oxygen atoms in total. The molecule has 1 aliphatic rings. The van der Waals surface area contributed by atoms with Crippen LogP contribution in [-0.4, -0.2) is 58.4 Å². The van der Waals surface area contributed by atoms with E-state index in [1.165, 1.54) is 6.92 Å². The van der Waals surface area contributed by atoms with Gasteiger partial charge in [0.05, 0.1) is 11.8 Å². The van der Waals surface area contributed by atoms with Crippen LogP contribution < -0.4 is 4.90 Å². The summed E-state index contributed by atoms with van der Waals surface area (Å²) in [4.78, 5) is 15.3. The lowest BCUT2D eigenvalue weighted by molar-refractivity contribution is -0.129. The maximum absolute atomic E-state index is 11.6. The smallest absolute Gasteiger partial charge is 0.219 e. The van der Waals surface area contributed by atoms with Gasteiger partial charge in [-0.15, -0.1) is 5.10 Å². The summed E-state index contributed by atoms with van der Waals surface area (Å²) in [6.07, 6.45) is -0.590. The molecular weight excluding hydrogens is 280 g/mol. The van der Waals surface area contributed by atoms with Crippen LogP contribution in [0.3, 0.4) is 0 Å². The summed E-state index contributed by atoms with van der Waals surface area (Å²) in [5.41, 5.74) is 0.889. The lowest BCUT2D eigenvalue weighted by atomic mass is 10.1. The zero-order chi connectivity index (χ0) is 15.7. The minimum absolute atomic E-state index is 0.0132. The molecule has 6 heteroatoms. The molecule has 2 aromatic rings. The van der Waals surface area contributed by atoms with Crippen molar-refractivity contribution in [2.75, 3.05) is 31.1 Å². The van der Waals surface area contributed by atoms with Gasteiger partial charge in [0.15, 0.2) is 5.82 Å². The van der Waals surface area contributed by atoms with E-state index in [1.54, 1.807) is 4.90 Å². The molecule has 1 amide bonds. The van der Waals surface area contributed by atoms with Gasteiger partial charge in [-0.05, 0) is 6.92 Å². The molecule has 3 rings (SSSR count). The van der Waals surface area contributed by atoms with Crippen LogP contribution in [0.4, 0.5) is 5.82 Å². The van der Waals surface area contributed by atoms with Crippen molar-refractivity contribution in [1.29, 1.82) is 0 Å². The van der Waals surface area contributed by atoms with Crippen LogP contribution in [-0.2, 0) is 4.79 Å². The Morgan fingerprint density at radius 1 is 1.18 bits per heavy atom. The Bertz CT molecular complexity index is 704. The number of aliphatic hydroxyl groups is 1. The van der Waals surface area contributed by atoms with E-state index in [0.29, 0.717) is 26.2 Å². The SMILES string of the molecule is CC(=O)N1CCN(c2nnc(C)c3ccccc23)CC(O)C1.